The van der Waals surface area contributed by atoms with Crippen molar-refractivity contribution in [3.05, 3.63) is 0 Å². The van der Waals surface area contributed by atoms with E-state index in [2.05, 4.69) is 10.6 Å². The normalized spacial score (nSPS) is 38.2. The number of fused-ring (bicyclic) bond motifs is 1. The van der Waals surface area contributed by atoms with Gasteiger partial charge in [-0.25, -0.2) is 0 Å². The van der Waals surface area contributed by atoms with Crippen LogP contribution in [0.3, 0.4) is 0 Å². The largest absolute Gasteiger partial charge is 0.318 e. The molecule has 0 aromatic heterocycles. The topological polar surface area (TPSA) is 24.1 Å². The Kier molecular flexibility index (Phi) is 2.66. The lowest BCUT2D eigenvalue weighted by Gasteiger charge is -2.12. The standard InChI is InChI=1S/C10H20N2/c1-11-2-3-12-7-8-4-9-6-10(9)5-8/h8-12H,2-7H2,1H3. The Morgan fingerprint density at radius 2 is 1.83 bits per heavy atom. The summed E-state index contributed by atoms with van der Waals surface area (Å²) in [5.74, 6) is 3.29. The fraction of sp³-hybridized carbons (Fsp3) is 1.00. The molecule has 2 rings (SSSR count). The molecule has 2 saturated carbocycles. The second-order valence-corrected chi connectivity index (χ2v) is 4.40. The molecule has 0 radical (unpaired) electrons. The Morgan fingerprint density at radius 3 is 2.50 bits per heavy atom. The zero-order valence-corrected chi connectivity index (χ0v) is 7.97. The third-order valence-corrected chi connectivity index (χ3v) is 3.33. The highest BCUT2D eigenvalue weighted by molar-refractivity contribution is 4.96. The molecule has 2 aliphatic carbocycles. The lowest BCUT2D eigenvalue weighted by Crippen LogP contribution is -2.29. The van der Waals surface area contributed by atoms with Gasteiger partial charge in [-0.05, 0) is 50.6 Å². The van der Waals surface area contributed by atoms with Crippen LogP contribution in [0.2, 0.25) is 0 Å². The number of nitrogens with one attached hydrogen (secondary N) is 2. The Labute approximate surface area is 75.1 Å². The third kappa shape index (κ3) is 1.99. The maximum atomic E-state index is 3.51. The monoisotopic (exact) mass is 168 g/mol. The summed E-state index contributed by atoms with van der Waals surface area (Å²) in [5.41, 5.74) is 0. The molecule has 0 saturated heterocycles. The van der Waals surface area contributed by atoms with E-state index in [0.717, 1.165) is 30.8 Å². The molecule has 2 heteroatoms. The quantitative estimate of drug-likeness (QED) is 0.594. The van der Waals surface area contributed by atoms with Gasteiger partial charge in [-0.3, -0.25) is 0 Å². The molecule has 2 atom stereocenters. The van der Waals surface area contributed by atoms with Crippen molar-refractivity contribution in [2.45, 2.75) is 19.3 Å². The van der Waals surface area contributed by atoms with Crippen molar-refractivity contribution in [1.82, 2.24) is 10.6 Å². The molecule has 2 nitrogen and oxygen atoms in total. The molecule has 2 fully saturated rings. The van der Waals surface area contributed by atoms with E-state index >= 15 is 0 Å². The zero-order chi connectivity index (χ0) is 8.39. The van der Waals surface area contributed by atoms with Crippen molar-refractivity contribution in [3.63, 3.8) is 0 Å². The summed E-state index contributed by atoms with van der Waals surface area (Å²) >= 11 is 0. The highest BCUT2D eigenvalue weighted by Gasteiger charge is 2.45. The lowest BCUT2D eigenvalue weighted by atomic mass is 10.0. The molecule has 12 heavy (non-hydrogen) atoms. The zero-order valence-electron chi connectivity index (χ0n) is 7.97. The second kappa shape index (κ2) is 3.75. The number of likely N-dealkylation sites (N-methyl/N-ethyl adjacent to an activating group) is 1. The van der Waals surface area contributed by atoms with Gasteiger partial charge in [0.1, 0.15) is 0 Å². The highest BCUT2D eigenvalue weighted by atomic mass is 14.9. The molecule has 70 valence electrons. The fourth-order valence-corrected chi connectivity index (χ4v) is 2.53. The van der Waals surface area contributed by atoms with Crippen LogP contribution in [-0.4, -0.2) is 26.7 Å². The van der Waals surface area contributed by atoms with Gasteiger partial charge in [0.15, 0.2) is 0 Å². The van der Waals surface area contributed by atoms with Crippen LogP contribution in [0.25, 0.3) is 0 Å². The molecule has 0 bridgehead atoms. The summed E-state index contributed by atoms with van der Waals surface area (Å²) in [4.78, 5) is 0. The van der Waals surface area contributed by atoms with Gasteiger partial charge in [0, 0.05) is 13.1 Å². The van der Waals surface area contributed by atoms with Gasteiger partial charge in [0.05, 0.1) is 0 Å². The van der Waals surface area contributed by atoms with Gasteiger partial charge in [-0.1, -0.05) is 0 Å². The molecule has 0 amide bonds. The van der Waals surface area contributed by atoms with E-state index in [4.69, 9.17) is 0 Å². The van der Waals surface area contributed by atoms with Crippen LogP contribution >= 0.6 is 0 Å². The van der Waals surface area contributed by atoms with E-state index in [1.807, 2.05) is 7.05 Å². The molecule has 0 spiro atoms. The first kappa shape index (κ1) is 8.52. The highest BCUT2D eigenvalue weighted by Crippen LogP contribution is 2.54. The van der Waals surface area contributed by atoms with Gasteiger partial charge in [0.2, 0.25) is 0 Å². The maximum absolute atomic E-state index is 3.51. The van der Waals surface area contributed by atoms with E-state index in [1.54, 1.807) is 6.42 Å². The predicted molar refractivity (Wildman–Crippen MR) is 51.1 cm³/mol. The van der Waals surface area contributed by atoms with E-state index in [-0.39, 0.29) is 0 Å². The van der Waals surface area contributed by atoms with Gasteiger partial charge in [-0.2, -0.15) is 0 Å². The smallest absolute Gasteiger partial charge is 0.00767 e. The van der Waals surface area contributed by atoms with Crippen LogP contribution < -0.4 is 10.6 Å². The van der Waals surface area contributed by atoms with Crippen LogP contribution in [0.5, 0.6) is 0 Å². The average Bonchev–Trinajstić information content (AvgIpc) is 2.69. The van der Waals surface area contributed by atoms with Crippen molar-refractivity contribution in [2.24, 2.45) is 17.8 Å². The molecule has 0 aliphatic heterocycles. The van der Waals surface area contributed by atoms with E-state index in [1.165, 1.54) is 19.4 Å². The molecular weight excluding hydrogens is 148 g/mol. The van der Waals surface area contributed by atoms with Crippen LogP contribution in [-0.2, 0) is 0 Å². The average molecular weight is 168 g/mol. The molecule has 0 aromatic carbocycles. The summed E-state index contributed by atoms with van der Waals surface area (Å²) in [6.45, 7) is 3.48. The summed E-state index contributed by atoms with van der Waals surface area (Å²) in [6, 6.07) is 0. The Bertz CT molecular complexity index is 137. The summed E-state index contributed by atoms with van der Waals surface area (Å²) in [7, 11) is 2.01. The first-order valence-electron chi connectivity index (χ1n) is 5.25. The van der Waals surface area contributed by atoms with Crippen LogP contribution in [0.1, 0.15) is 19.3 Å². The molecule has 0 heterocycles. The van der Waals surface area contributed by atoms with Gasteiger partial charge >= 0.3 is 0 Å². The fourth-order valence-electron chi connectivity index (χ4n) is 2.53. The lowest BCUT2D eigenvalue weighted by molar-refractivity contribution is 0.447. The van der Waals surface area contributed by atoms with E-state index in [9.17, 15) is 0 Å². The number of hydrogen-bond acceptors (Lipinski definition) is 2. The SMILES string of the molecule is CNCCNCC1CC2CC2C1. The maximum Gasteiger partial charge on any atom is 0.00767 e. The third-order valence-electron chi connectivity index (χ3n) is 3.33. The second-order valence-electron chi connectivity index (χ2n) is 4.40. The molecule has 2 unspecified atom stereocenters. The molecule has 0 aromatic rings. The summed E-state index contributed by atoms with van der Waals surface area (Å²) in [5, 5.41) is 6.65. The molecular formula is C10H20N2. The van der Waals surface area contributed by atoms with Crippen molar-refractivity contribution < 1.29 is 0 Å². The van der Waals surface area contributed by atoms with Crippen molar-refractivity contribution in [2.75, 3.05) is 26.7 Å². The molecule has 2 aliphatic rings. The number of hydrogen-bond donors (Lipinski definition) is 2. The molecule has 2 N–H and O–H groups in total. The summed E-state index contributed by atoms with van der Waals surface area (Å²) in [6.07, 6.45) is 4.57. The van der Waals surface area contributed by atoms with Gasteiger partial charge in [-0.15, -0.1) is 0 Å². The Morgan fingerprint density at radius 1 is 1.08 bits per heavy atom. The van der Waals surface area contributed by atoms with Crippen molar-refractivity contribution in [1.29, 1.82) is 0 Å². The number of rotatable bonds is 5. The summed E-state index contributed by atoms with van der Waals surface area (Å²) < 4.78 is 0. The Balaban J connectivity index is 1.50. The van der Waals surface area contributed by atoms with Crippen molar-refractivity contribution in [3.8, 4) is 0 Å². The predicted octanol–water partition coefficient (Wildman–Crippen LogP) is 0.841. The first-order chi connectivity index (χ1) is 5.90. The Hall–Kier alpha value is -0.0800. The van der Waals surface area contributed by atoms with Gasteiger partial charge in [0.25, 0.3) is 0 Å². The minimum atomic E-state index is 1.01. The van der Waals surface area contributed by atoms with Crippen LogP contribution in [0, 0.1) is 17.8 Å². The van der Waals surface area contributed by atoms with Crippen LogP contribution in [0.15, 0.2) is 0 Å². The van der Waals surface area contributed by atoms with E-state index < -0.39 is 0 Å². The first-order valence-corrected chi connectivity index (χ1v) is 5.25. The minimum absolute atomic E-state index is 1.01. The minimum Gasteiger partial charge on any atom is -0.318 e. The van der Waals surface area contributed by atoms with E-state index in [0.29, 0.717) is 0 Å². The van der Waals surface area contributed by atoms with Crippen LogP contribution in [0.4, 0.5) is 0 Å². The van der Waals surface area contributed by atoms with Gasteiger partial charge < -0.3 is 10.6 Å². The van der Waals surface area contributed by atoms with Crippen molar-refractivity contribution >= 4 is 0 Å².